The summed E-state index contributed by atoms with van der Waals surface area (Å²) in [6.07, 6.45) is 2.26. The number of hydrogen-bond donors (Lipinski definition) is 2. The first-order valence-electron chi connectivity index (χ1n) is 8.63. The minimum atomic E-state index is -0.0418. The van der Waals surface area contributed by atoms with Gasteiger partial charge >= 0.3 is 0 Å². The zero-order valence-corrected chi connectivity index (χ0v) is 14.9. The number of para-hydroxylation sites is 1. The summed E-state index contributed by atoms with van der Waals surface area (Å²) < 4.78 is 0. The van der Waals surface area contributed by atoms with Gasteiger partial charge in [0.1, 0.15) is 5.75 Å². The molecule has 2 aromatic rings. The molecule has 1 saturated heterocycles. The molecule has 0 spiro atoms. The summed E-state index contributed by atoms with van der Waals surface area (Å²) in [6.45, 7) is 2.74. The van der Waals surface area contributed by atoms with Crippen molar-refractivity contribution in [3.05, 3.63) is 64.7 Å². The fraction of sp³-hybridized carbons (Fsp3) is 0.350. The molecule has 0 bridgehead atoms. The van der Waals surface area contributed by atoms with E-state index in [2.05, 4.69) is 10.2 Å². The maximum atomic E-state index is 12.3. The molecule has 5 heteroatoms. The highest BCUT2D eigenvalue weighted by Gasteiger charge is 2.21. The van der Waals surface area contributed by atoms with Crippen LogP contribution >= 0.6 is 11.6 Å². The summed E-state index contributed by atoms with van der Waals surface area (Å²) in [7, 11) is 0. The molecule has 2 N–H and O–H groups in total. The Hall–Kier alpha value is -2.04. The topological polar surface area (TPSA) is 52.6 Å². The summed E-state index contributed by atoms with van der Waals surface area (Å²) >= 11 is 5.93. The van der Waals surface area contributed by atoms with E-state index >= 15 is 0 Å². The highest BCUT2D eigenvalue weighted by molar-refractivity contribution is 6.30. The number of phenolic OH excluding ortho intramolecular Hbond substituents is 1. The van der Waals surface area contributed by atoms with Gasteiger partial charge in [0.25, 0.3) is 0 Å². The number of hydrogen-bond acceptors (Lipinski definition) is 3. The second-order valence-corrected chi connectivity index (χ2v) is 7.01. The number of nitrogens with one attached hydrogen (secondary N) is 1. The van der Waals surface area contributed by atoms with Gasteiger partial charge in [-0.15, -0.1) is 0 Å². The van der Waals surface area contributed by atoms with E-state index in [0.29, 0.717) is 5.56 Å². The molecule has 1 aliphatic heterocycles. The molecule has 1 atom stereocenters. The van der Waals surface area contributed by atoms with Crippen LogP contribution in [-0.2, 0) is 17.8 Å². The van der Waals surface area contributed by atoms with Gasteiger partial charge < -0.3 is 10.4 Å². The summed E-state index contributed by atoms with van der Waals surface area (Å²) in [6, 6.07) is 15.0. The van der Waals surface area contributed by atoms with E-state index < -0.39 is 0 Å². The first-order chi connectivity index (χ1) is 12.1. The lowest BCUT2D eigenvalue weighted by atomic mass is 10.0. The maximum Gasteiger partial charge on any atom is 0.224 e. The van der Waals surface area contributed by atoms with Crippen LogP contribution in [0.25, 0.3) is 0 Å². The van der Waals surface area contributed by atoms with E-state index in [-0.39, 0.29) is 24.1 Å². The molecule has 1 heterocycles. The van der Waals surface area contributed by atoms with Crippen molar-refractivity contribution in [2.45, 2.75) is 31.8 Å². The number of carbonyl (C=O) groups excluding carboxylic acids is 1. The molecule has 1 fully saturated rings. The summed E-state index contributed by atoms with van der Waals surface area (Å²) in [5.41, 5.74) is 1.89. The largest absolute Gasteiger partial charge is 0.508 e. The Morgan fingerprint density at radius 1 is 1.20 bits per heavy atom. The van der Waals surface area contributed by atoms with Crippen LogP contribution in [0.1, 0.15) is 24.0 Å². The minimum absolute atomic E-state index is 0.0418. The van der Waals surface area contributed by atoms with E-state index in [4.69, 9.17) is 11.6 Å². The number of phenols is 1. The molecule has 4 nitrogen and oxygen atoms in total. The van der Waals surface area contributed by atoms with Crippen molar-refractivity contribution in [2.24, 2.45) is 0 Å². The summed E-state index contributed by atoms with van der Waals surface area (Å²) in [4.78, 5) is 14.6. The predicted molar refractivity (Wildman–Crippen MR) is 99.7 cm³/mol. The van der Waals surface area contributed by atoms with E-state index in [1.165, 1.54) is 5.56 Å². The number of nitrogens with zero attached hydrogens (tertiary/aromatic N) is 1. The molecular formula is C20H23ClN2O2. The van der Waals surface area contributed by atoms with Crippen LogP contribution in [0.3, 0.4) is 0 Å². The maximum absolute atomic E-state index is 12.3. The predicted octanol–water partition coefficient (Wildman–Crippen LogP) is 3.37. The third-order valence-corrected chi connectivity index (χ3v) is 4.78. The molecular weight excluding hydrogens is 336 g/mol. The lowest BCUT2D eigenvalue weighted by Crippen LogP contribution is -2.47. The first-order valence-corrected chi connectivity index (χ1v) is 9.01. The number of amides is 1. The lowest BCUT2D eigenvalue weighted by molar-refractivity contribution is -0.121. The Bertz CT molecular complexity index is 718. The quantitative estimate of drug-likeness (QED) is 0.861. The first kappa shape index (κ1) is 17.8. The van der Waals surface area contributed by atoms with Crippen molar-refractivity contribution in [3.8, 4) is 5.75 Å². The highest BCUT2D eigenvalue weighted by atomic mass is 35.5. The van der Waals surface area contributed by atoms with E-state index in [9.17, 15) is 9.90 Å². The van der Waals surface area contributed by atoms with E-state index in [1.54, 1.807) is 18.2 Å². The third-order valence-electron chi connectivity index (χ3n) is 4.53. The van der Waals surface area contributed by atoms with Crippen LogP contribution in [0.4, 0.5) is 0 Å². The van der Waals surface area contributed by atoms with Crippen LogP contribution in [0, 0.1) is 0 Å². The van der Waals surface area contributed by atoms with Crippen molar-refractivity contribution < 1.29 is 9.90 Å². The zero-order valence-electron chi connectivity index (χ0n) is 14.1. The molecule has 0 aromatic heterocycles. The van der Waals surface area contributed by atoms with Gasteiger partial charge in [-0.25, -0.2) is 0 Å². The van der Waals surface area contributed by atoms with Crippen molar-refractivity contribution in [2.75, 3.05) is 13.1 Å². The Morgan fingerprint density at radius 3 is 2.72 bits per heavy atom. The van der Waals surface area contributed by atoms with Gasteiger partial charge in [-0.2, -0.15) is 0 Å². The Balaban J connectivity index is 1.52. The van der Waals surface area contributed by atoms with Gasteiger partial charge in [-0.3, -0.25) is 9.69 Å². The second kappa shape index (κ2) is 8.37. The molecule has 1 unspecified atom stereocenters. The molecule has 0 saturated carbocycles. The number of aromatic hydroxyl groups is 1. The fourth-order valence-corrected chi connectivity index (χ4v) is 3.40. The Labute approximate surface area is 153 Å². The molecule has 1 aliphatic rings. The number of benzene rings is 2. The molecule has 0 aliphatic carbocycles. The summed E-state index contributed by atoms with van der Waals surface area (Å²) in [5, 5.41) is 13.6. The standard InChI is InChI=1S/C20H23ClN2O2/c21-17-9-7-15(8-10-17)13-23-11-3-5-18(14-23)22-20(25)12-16-4-1-2-6-19(16)24/h1-2,4,6-10,18,24H,3,5,11-14H2,(H,22,25). The average molecular weight is 359 g/mol. The van der Waals surface area contributed by atoms with Crippen molar-refractivity contribution >= 4 is 17.5 Å². The average Bonchev–Trinajstić information content (AvgIpc) is 2.59. The van der Waals surface area contributed by atoms with Crippen LogP contribution < -0.4 is 5.32 Å². The number of carbonyl (C=O) groups is 1. The Morgan fingerprint density at radius 2 is 1.96 bits per heavy atom. The van der Waals surface area contributed by atoms with Gasteiger partial charge in [-0.05, 0) is 43.1 Å². The van der Waals surface area contributed by atoms with Crippen molar-refractivity contribution in [3.63, 3.8) is 0 Å². The van der Waals surface area contributed by atoms with Crippen LogP contribution in [0.2, 0.25) is 5.02 Å². The van der Waals surface area contributed by atoms with Gasteiger partial charge in [0.15, 0.2) is 0 Å². The summed E-state index contributed by atoms with van der Waals surface area (Å²) in [5.74, 6) is 0.130. The number of piperidine rings is 1. The van der Waals surface area contributed by atoms with Gasteiger partial charge in [0, 0.05) is 29.7 Å². The Kier molecular flexibility index (Phi) is 5.95. The second-order valence-electron chi connectivity index (χ2n) is 6.57. The third kappa shape index (κ3) is 5.21. The molecule has 0 radical (unpaired) electrons. The van der Waals surface area contributed by atoms with Crippen LogP contribution in [0.15, 0.2) is 48.5 Å². The number of rotatable bonds is 5. The van der Waals surface area contributed by atoms with Crippen molar-refractivity contribution in [1.29, 1.82) is 0 Å². The van der Waals surface area contributed by atoms with Crippen LogP contribution in [0.5, 0.6) is 5.75 Å². The van der Waals surface area contributed by atoms with Crippen LogP contribution in [-0.4, -0.2) is 35.0 Å². The molecule has 132 valence electrons. The minimum Gasteiger partial charge on any atom is -0.508 e. The smallest absolute Gasteiger partial charge is 0.224 e. The highest BCUT2D eigenvalue weighted by Crippen LogP contribution is 2.18. The molecule has 25 heavy (non-hydrogen) atoms. The SMILES string of the molecule is O=C(Cc1ccccc1O)NC1CCCN(Cc2ccc(Cl)cc2)C1. The number of likely N-dealkylation sites (tertiary alicyclic amines) is 1. The fourth-order valence-electron chi connectivity index (χ4n) is 3.28. The molecule has 3 rings (SSSR count). The van der Waals surface area contributed by atoms with Gasteiger partial charge in [0.2, 0.25) is 5.91 Å². The van der Waals surface area contributed by atoms with Gasteiger partial charge in [-0.1, -0.05) is 41.9 Å². The molecule has 2 aromatic carbocycles. The monoisotopic (exact) mass is 358 g/mol. The van der Waals surface area contributed by atoms with Crippen molar-refractivity contribution in [1.82, 2.24) is 10.2 Å². The van der Waals surface area contributed by atoms with E-state index in [1.807, 2.05) is 30.3 Å². The molecule has 1 amide bonds. The lowest BCUT2D eigenvalue weighted by Gasteiger charge is -2.33. The van der Waals surface area contributed by atoms with E-state index in [0.717, 1.165) is 37.5 Å². The number of halogens is 1. The normalized spacial score (nSPS) is 18.0. The zero-order chi connectivity index (χ0) is 17.6. The van der Waals surface area contributed by atoms with Gasteiger partial charge in [0.05, 0.1) is 6.42 Å².